The van der Waals surface area contributed by atoms with Gasteiger partial charge in [0, 0.05) is 32.8 Å². The summed E-state index contributed by atoms with van der Waals surface area (Å²) < 4.78 is 46.3. The Morgan fingerprint density at radius 3 is 2.22 bits per heavy atom. The summed E-state index contributed by atoms with van der Waals surface area (Å²) in [6, 6.07) is 5.64. The maximum atomic E-state index is 14.3. The predicted molar refractivity (Wildman–Crippen MR) is 239 cm³/mol. The highest BCUT2D eigenvalue weighted by molar-refractivity contribution is 5.70. The fourth-order valence-corrected chi connectivity index (χ4v) is 10.3. The van der Waals surface area contributed by atoms with E-state index in [0.29, 0.717) is 18.4 Å². The van der Waals surface area contributed by atoms with Gasteiger partial charge < -0.3 is 63.3 Å². The molecule has 0 spiro atoms. The van der Waals surface area contributed by atoms with Crippen LogP contribution in [-0.2, 0) is 47.5 Å². The van der Waals surface area contributed by atoms with E-state index in [4.69, 9.17) is 33.2 Å². The minimum Gasteiger partial charge on any atom is -0.462 e. The van der Waals surface area contributed by atoms with Gasteiger partial charge in [-0.1, -0.05) is 44.2 Å². The Bertz CT molecular complexity index is 2140. The summed E-state index contributed by atoms with van der Waals surface area (Å²) in [6.07, 6.45) is -9.33. The lowest BCUT2D eigenvalue weighted by molar-refractivity contribution is -0.344. The number of likely N-dealkylation sites (N-methyl/N-ethyl adjacent to an activating group) is 1. The number of methoxy groups -OCH3 is 1. The highest BCUT2D eigenvalue weighted by atomic mass is 16.7. The number of fused-ring (bicyclic) bond motifs is 11. The third-order valence-corrected chi connectivity index (χ3v) is 13.5. The first-order valence-electron chi connectivity index (χ1n) is 23.3. The molecule has 0 amide bonds. The average Bonchev–Trinajstić information content (AvgIpc) is 3.52. The normalized spacial score (nSPS) is 38.6. The first kappa shape index (κ1) is 52.3. The molecule has 20 heteroatoms. The Kier molecular flexibility index (Phi) is 17.3. The SMILES string of the molecule is CCCC(=O)O[C@H]1[C@H](C)O[C@@H](O[C@H]2[C@H](N(C)C)[C@@H](O)[C@H](O[C@@H]3[C@H](OC)[C@H](O)CC(=O)O[C@H](C)CC4C=CC([C@H](O)[C@H](CC=O)C[C@@H]3C)n3c(=O)n(-c5ccccc5)c(=O)n34)O[C@@H]2C)C[C@@]1(C)O. The van der Waals surface area contributed by atoms with Crippen LogP contribution in [0.2, 0.25) is 0 Å². The molecule has 6 heterocycles. The number of hydrogen-bond acceptors (Lipinski definition) is 17. The molecular formula is C47H70N4O16. The van der Waals surface area contributed by atoms with Gasteiger partial charge in [0.25, 0.3) is 0 Å². The number of carbonyl (C=O) groups excluding carboxylic acids is 3. The molecule has 2 aromatic rings. The number of para-hydroxylation sites is 1. The topological polar surface area (TPSA) is 249 Å². The van der Waals surface area contributed by atoms with Crippen LogP contribution in [-0.4, -0.2) is 164 Å². The first-order chi connectivity index (χ1) is 31.7. The molecule has 0 radical (unpaired) electrons. The van der Waals surface area contributed by atoms with Crippen LogP contribution in [0.5, 0.6) is 0 Å². The Morgan fingerprint density at radius 1 is 0.910 bits per heavy atom. The lowest BCUT2D eigenvalue weighted by Gasteiger charge is -2.50. The quantitative estimate of drug-likeness (QED) is 0.134. The minimum absolute atomic E-state index is 0.0257. The molecule has 0 aliphatic carbocycles. The maximum Gasteiger partial charge on any atom is 0.352 e. The highest BCUT2D eigenvalue weighted by Gasteiger charge is 2.53. The average molecular weight is 947 g/mol. The second-order valence-corrected chi connectivity index (χ2v) is 19.1. The van der Waals surface area contributed by atoms with E-state index >= 15 is 0 Å². The molecule has 20 nitrogen and oxygen atoms in total. The van der Waals surface area contributed by atoms with E-state index < -0.39 is 139 Å². The van der Waals surface area contributed by atoms with E-state index in [9.17, 15) is 44.4 Å². The van der Waals surface area contributed by atoms with Gasteiger partial charge in [-0.25, -0.2) is 23.5 Å². The number of hydrogen-bond donors (Lipinski definition) is 4. The van der Waals surface area contributed by atoms with Crippen LogP contribution in [0.1, 0.15) is 98.6 Å². The zero-order valence-electron chi connectivity index (χ0n) is 39.9. The molecule has 2 bridgehead atoms. The third kappa shape index (κ3) is 11.4. The molecule has 2 saturated heterocycles. The van der Waals surface area contributed by atoms with Gasteiger partial charge in [0.1, 0.15) is 36.3 Å². The number of rotatable bonds is 12. The van der Waals surface area contributed by atoms with Crippen molar-refractivity contribution >= 4 is 18.2 Å². The van der Waals surface area contributed by atoms with Crippen LogP contribution in [0, 0.1) is 11.8 Å². The van der Waals surface area contributed by atoms with Crippen LogP contribution < -0.4 is 11.4 Å². The summed E-state index contributed by atoms with van der Waals surface area (Å²) in [5.74, 6) is -2.81. The number of nitrogens with zero attached hydrogens (tertiary/aromatic N) is 4. The van der Waals surface area contributed by atoms with Crippen molar-refractivity contribution in [3.05, 3.63) is 63.5 Å². The molecule has 2 unspecified atom stereocenters. The Labute approximate surface area is 390 Å². The smallest absolute Gasteiger partial charge is 0.352 e. The van der Waals surface area contributed by atoms with Gasteiger partial charge in [-0.3, -0.25) is 9.59 Å². The molecule has 2 fully saturated rings. The second kappa shape index (κ2) is 22.1. The van der Waals surface area contributed by atoms with Crippen LogP contribution in [0.3, 0.4) is 0 Å². The predicted octanol–water partition coefficient (Wildman–Crippen LogP) is 1.55. The van der Waals surface area contributed by atoms with Crippen molar-refractivity contribution in [2.24, 2.45) is 11.8 Å². The van der Waals surface area contributed by atoms with Crippen LogP contribution in [0.4, 0.5) is 0 Å². The number of aliphatic hydroxyl groups is 4. The van der Waals surface area contributed by atoms with Gasteiger partial charge in [-0.05, 0) is 78.6 Å². The van der Waals surface area contributed by atoms with Crippen LogP contribution >= 0.6 is 0 Å². The van der Waals surface area contributed by atoms with Gasteiger partial charge in [-0.15, -0.1) is 0 Å². The van der Waals surface area contributed by atoms with E-state index in [1.165, 1.54) is 16.5 Å². The number of benzene rings is 1. The number of allylic oxidation sites excluding steroid dienone is 1. The van der Waals surface area contributed by atoms with E-state index in [2.05, 4.69) is 0 Å². The fourth-order valence-electron chi connectivity index (χ4n) is 10.3. The zero-order chi connectivity index (χ0) is 49.1. The molecular weight excluding hydrogens is 877 g/mol. The van der Waals surface area contributed by atoms with E-state index in [0.717, 1.165) is 4.57 Å². The molecule has 5 aliphatic rings. The summed E-state index contributed by atoms with van der Waals surface area (Å²) in [4.78, 5) is 68.5. The van der Waals surface area contributed by atoms with Crippen molar-refractivity contribution in [2.45, 2.75) is 184 Å². The Morgan fingerprint density at radius 2 is 1.60 bits per heavy atom. The number of ether oxygens (including phenoxy) is 7. The van der Waals surface area contributed by atoms with Gasteiger partial charge in [0.2, 0.25) is 0 Å². The molecule has 18 atom stereocenters. The van der Waals surface area contributed by atoms with E-state index in [1.54, 1.807) is 96.1 Å². The lowest BCUT2D eigenvalue weighted by atomic mass is 9.81. The summed E-state index contributed by atoms with van der Waals surface area (Å²) in [7, 11) is 4.80. The molecule has 0 saturated carbocycles. The maximum absolute atomic E-state index is 14.3. The van der Waals surface area contributed by atoms with Crippen LogP contribution in [0.15, 0.2) is 52.1 Å². The van der Waals surface area contributed by atoms with Crippen molar-refractivity contribution in [3.63, 3.8) is 0 Å². The van der Waals surface area contributed by atoms with Gasteiger partial charge in [0.15, 0.2) is 18.7 Å². The minimum atomic E-state index is -1.52. The molecule has 1 aromatic carbocycles. The van der Waals surface area contributed by atoms with Crippen molar-refractivity contribution < 1.29 is 68.0 Å². The van der Waals surface area contributed by atoms with Crippen molar-refractivity contribution in [3.8, 4) is 5.69 Å². The van der Waals surface area contributed by atoms with Crippen molar-refractivity contribution in [1.82, 2.24) is 18.8 Å². The molecule has 7 rings (SSSR count). The highest BCUT2D eigenvalue weighted by Crippen LogP contribution is 2.38. The van der Waals surface area contributed by atoms with Gasteiger partial charge in [-0.2, -0.15) is 0 Å². The standard InChI is InChI=1S/C47H70N4O16/c1-10-14-34(54)65-43-28(5)63-36(24-47(43,6)60)66-41-27(4)64-44(39(57)37(41)48(7)8)67-40-25(2)21-29(19-20-52)38(56)32-18-17-31(22-26(3)62-35(55)23-33(53)42(40)61-9)50-45(58)49(46(59)51(32)50)30-15-12-11-13-16-30/h11-13,15-18,20,25-29,31-33,36-44,53,56-57,60H,10,14,19,21-24H2,1-9H3/t25-,26+,27+,28-,29+,31?,32?,33+,36-,37+,38+,39+,40-,41+,42+,43-,44-,47+/m0/s1. The number of carbonyl (C=O) groups is 3. The monoisotopic (exact) mass is 946 g/mol. The first-order valence-corrected chi connectivity index (χ1v) is 23.3. The van der Waals surface area contributed by atoms with Crippen molar-refractivity contribution in [1.29, 1.82) is 0 Å². The summed E-state index contributed by atoms with van der Waals surface area (Å²) in [5, 5.41) is 47.6. The molecule has 4 N–H and O–H groups in total. The van der Waals surface area contributed by atoms with E-state index in [-0.39, 0.29) is 32.1 Å². The zero-order valence-corrected chi connectivity index (χ0v) is 39.9. The van der Waals surface area contributed by atoms with Crippen molar-refractivity contribution in [2.75, 3.05) is 21.2 Å². The third-order valence-electron chi connectivity index (χ3n) is 13.5. The molecule has 1 aromatic heterocycles. The Hall–Kier alpha value is -4.09. The number of aliphatic hydroxyl groups excluding tert-OH is 3. The van der Waals surface area contributed by atoms with E-state index in [1.807, 2.05) is 6.92 Å². The summed E-state index contributed by atoms with van der Waals surface area (Å²) in [6.45, 7) is 10.2. The Balaban J connectivity index is 1.31. The lowest BCUT2D eigenvalue weighted by Crippen LogP contribution is -2.66. The van der Waals surface area contributed by atoms with Crippen LogP contribution in [0.25, 0.3) is 5.69 Å². The molecule has 67 heavy (non-hydrogen) atoms. The largest absolute Gasteiger partial charge is 0.462 e. The van der Waals surface area contributed by atoms with Gasteiger partial charge in [0.05, 0.1) is 60.8 Å². The molecule has 374 valence electrons. The number of esters is 2. The fraction of sp³-hybridized carbons (Fsp3) is 0.723. The number of aldehydes is 1. The summed E-state index contributed by atoms with van der Waals surface area (Å²) in [5.41, 5.74) is -2.60. The number of aromatic nitrogens is 3. The second-order valence-electron chi connectivity index (χ2n) is 19.1. The molecule has 5 aliphatic heterocycles. The summed E-state index contributed by atoms with van der Waals surface area (Å²) >= 11 is 0. The van der Waals surface area contributed by atoms with Gasteiger partial charge >= 0.3 is 23.3 Å².